The molecule has 3 aromatic rings. The van der Waals surface area contributed by atoms with Gasteiger partial charge in [0.15, 0.2) is 0 Å². The number of rotatable bonds is 5. The fourth-order valence-electron chi connectivity index (χ4n) is 3.00. The molecule has 0 aromatic heterocycles. The fraction of sp³-hybridized carbons (Fsp3) is 0.120. The Bertz CT molecular complexity index is 1130. The van der Waals surface area contributed by atoms with Crippen molar-refractivity contribution in [2.24, 2.45) is 0 Å². The molecule has 0 radical (unpaired) electrons. The van der Waals surface area contributed by atoms with Crippen molar-refractivity contribution in [1.82, 2.24) is 0 Å². The highest BCUT2D eigenvalue weighted by molar-refractivity contribution is 6.31. The minimum atomic E-state index is -0.428. The van der Waals surface area contributed by atoms with Crippen LogP contribution in [0.4, 0.5) is 5.69 Å². The number of hydrogen-bond acceptors (Lipinski definition) is 2. The van der Waals surface area contributed by atoms with Gasteiger partial charge in [0.05, 0.1) is 0 Å². The number of amides is 1. The normalized spacial score (nSPS) is 11.0. The lowest BCUT2D eigenvalue weighted by atomic mass is 9.98. The maximum atomic E-state index is 12.6. The standard InChI is InChI=1S/C25H21ClN2O/c1-17-11-12-23(13-18(17)2)28-25(29)22(16-27)15-20-8-4-3-7-19(20)14-21-9-5-6-10-24(21)26/h3-13,15H,14H2,1-2H3,(H,28,29)/b22-15+. The van der Waals surface area contributed by atoms with Crippen LogP contribution in [0.5, 0.6) is 0 Å². The summed E-state index contributed by atoms with van der Waals surface area (Å²) in [5, 5.41) is 13.1. The SMILES string of the molecule is Cc1ccc(NC(=O)/C(C#N)=C/c2ccccc2Cc2ccccc2Cl)cc1C. The Balaban J connectivity index is 1.87. The monoisotopic (exact) mass is 400 g/mol. The molecule has 3 rings (SSSR count). The number of carbonyl (C=O) groups is 1. The number of anilines is 1. The van der Waals surface area contributed by atoms with Crippen LogP contribution in [0.3, 0.4) is 0 Å². The van der Waals surface area contributed by atoms with Crippen LogP contribution < -0.4 is 5.32 Å². The highest BCUT2D eigenvalue weighted by Gasteiger charge is 2.12. The van der Waals surface area contributed by atoms with E-state index in [1.807, 2.05) is 86.6 Å². The van der Waals surface area contributed by atoms with E-state index in [0.29, 0.717) is 17.1 Å². The summed E-state index contributed by atoms with van der Waals surface area (Å²) in [6, 6.07) is 23.1. The molecule has 0 saturated heterocycles. The number of aryl methyl sites for hydroxylation is 2. The van der Waals surface area contributed by atoms with Gasteiger partial charge in [-0.1, -0.05) is 60.1 Å². The molecule has 0 unspecified atom stereocenters. The van der Waals surface area contributed by atoms with Crippen molar-refractivity contribution in [3.05, 3.63) is 105 Å². The van der Waals surface area contributed by atoms with Crippen LogP contribution in [0.25, 0.3) is 6.08 Å². The Hall–Kier alpha value is -3.35. The second-order valence-corrected chi connectivity index (χ2v) is 7.30. The summed E-state index contributed by atoms with van der Waals surface area (Å²) < 4.78 is 0. The fourth-order valence-corrected chi connectivity index (χ4v) is 3.21. The van der Waals surface area contributed by atoms with Crippen molar-refractivity contribution in [2.75, 3.05) is 5.32 Å². The van der Waals surface area contributed by atoms with Gasteiger partial charge in [-0.3, -0.25) is 4.79 Å². The summed E-state index contributed by atoms with van der Waals surface area (Å²) in [6.45, 7) is 3.99. The zero-order valence-electron chi connectivity index (χ0n) is 16.4. The average Bonchev–Trinajstić information content (AvgIpc) is 2.71. The van der Waals surface area contributed by atoms with Gasteiger partial charge in [-0.25, -0.2) is 0 Å². The van der Waals surface area contributed by atoms with Gasteiger partial charge in [0.2, 0.25) is 0 Å². The largest absolute Gasteiger partial charge is 0.321 e. The molecule has 0 fully saturated rings. The van der Waals surface area contributed by atoms with Crippen molar-refractivity contribution in [1.29, 1.82) is 5.26 Å². The highest BCUT2D eigenvalue weighted by atomic mass is 35.5. The van der Waals surface area contributed by atoms with Gasteiger partial charge in [-0.2, -0.15) is 5.26 Å². The number of halogens is 1. The lowest BCUT2D eigenvalue weighted by Crippen LogP contribution is -2.13. The average molecular weight is 401 g/mol. The topological polar surface area (TPSA) is 52.9 Å². The molecule has 0 aliphatic carbocycles. The molecular weight excluding hydrogens is 380 g/mol. The molecule has 1 amide bonds. The van der Waals surface area contributed by atoms with Crippen LogP contribution in [0.2, 0.25) is 5.02 Å². The molecule has 0 saturated carbocycles. The lowest BCUT2D eigenvalue weighted by molar-refractivity contribution is -0.112. The second kappa shape index (κ2) is 9.23. The summed E-state index contributed by atoms with van der Waals surface area (Å²) in [4.78, 5) is 12.6. The molecular formula is C25H21ClN2O. The van der Waals surface area contributed by atoms with Crippen molar-refractivity contribution in [2.45, 2.75) is 20.3 Å². The molecule has 0 heterocycles. The van der Waals surface area contributed by atoms with Crippen molar-refractivity contribution >= 4 is 29.3 Å². The first-order chi connectivity index (χ1) is 14.0. The zero-order chi connectivity index (χ0) is 20.8. The minimum Gasteiger partial charge on any atom is -0.321 e. The smallest absolute Gasteiger partial charge is 0.266 e. The zero-order valence-corrected chi connectivity index (χ0v) is 17.1. The van der Waals surface area contributed by atoms with Gasteiger partial charge in [0.25, 0.3) is 5.91 Å². The Morgan fingerprint density at radius 3 is 2.38 bits per heavy atom. The van der Waals surface area contributed by atoms with Gasteiger partial charge in [0.1, 0.15) is 11.6 Å². The Morgan fingerprint density at radius 1 is 1.00 bits per heavy atom. The van der Waals surface area contributed by atoms with E-state index in [4.69, 9.17) is 11.6 Å². The predicted molar refractivity (Wildman–Crippen MR) is 119 cm³/mol. The van der Waals surface area contributed by atoms with E-state index < -0.39 is 5.91 Å². The van der Waals surface area contributed by atoms with Crippen LogP contribution in [0.1, 0.15) is 27.8 Å². The van der Waals surface area contributed by atoms with E-state index in [1.54, 1.807) is 6.08 Å². The first-order valence-electron chi connectivity index (χ1n) is 9.29. The summed E-state index contributed by atoms with van der Waals surface area (Å²) in [6.07, 6.45) is 2.24. The first-order valence-corrected chi connectivity index (χ1v) is 9.67. The molecule has 29 heavy (non-hydrogen) atoms. The van der Waals surface area contributed by atoms with E-state index in [1.165, 1.54) is 0 Å². The minimum absolute atomic E-state index is 0.0508. The number of nitrogens with zero attached hydrogens (tertiary/aromatic N) is 1. The Morgan fingerprint density at radius 2 is 1.69 bits per heavy atom. The first kappa shape index (κ1) is 20.4. The van der Waals surface area contributed by atoms with Crippen molar-refractivity contribution in [3.63, 3.8) is 0 Å². The third kappa shape index (κ3) is 5.13. The van der Waals surface area contributed by atoms with Crippen LogP contribution in [-0.4, -0.2) is 5.91 Å². The quantitative estimate of drug-likeness (QED) is 0.416. The Labute approximate surface area is 176 Å². The molecule has 3 aromatic carbocycles. The highest BCUT2D eigenvalue weighted by Crippen LogP contribution is 2.23. The van der Waals surface area contributed by atoms with Crippen LogP contribution in [-0.2, 0) is 11.2 Å². The lowest BCUT2D eigenvalue weighted by Gasteiger charge is -2.10. The maximum Gasteiger partial charge on any atom is 0.266 e. The van der Waals surface area contributed by atoms with Gasteiger partial charge in [0, 0.05) is 10.7 Å². The van der Waals surface area contributed by atoms with Crippen LogP contribution in [0, 0.1) is 25.2 Å². The molecule has 0 aliphatic rings. The number of carbonyl (C=O) groups excluding carboxylic acids is 1. The van der Waals surface area contributed by atoms with E-state index in [9.17, 15) is 10.1 Å². The Kier molecular flexibility index (Phi) is 6.49. The molecule has 0 aliphatic heterocycles. The van der Waals surface area contributed by atoms with E-state index in [0.717, 1.165) is 27.8 Å². The second-order valence-electron chi connectivity index (χ2n) is 6.89. The molecule has 0 spiro atoms. The van der Waals surface area contributed by atoms with Crippen LogP contribution in [0.15, 0.2) is 72.3 Å². The number of benzene rings is 3. The summed E-state index contributed by atoms with van der Waals surface area (Å²) in [7, 11) is 0. The van der Waals surface area contributed by atoms with E-state index in [-0.39, 0.29) is 5.57 Å². The van der Waals surface area contributed by atoms with Crippen LogP contribution >= 0.6 is 11.6 Å². The molecule has 4 heteroatoms. The molecule has 1 N–H and O–H groups in total. The van der Waals surface area contributed by atoms with Gasteiger partial charge in [-0.15, -0.1) is 0 Å². The van der Waals surface area contributed by atoms with Gasteiger partial charge >= 0.3 is 0 Å². The third-order valence-electron chi connectivity index (χ3n) is 4.82. The molecule has 0 bridgehead atoms. The third-order valence-corrected chi connectivity index (χ3v) is 5.19. The maximum absolute atomic E-state index is 12.6. The number of nitriles is 1. The summed E-state index contributed by atoms with van der Waals surface area (Å²) in [5.74, 6) is -0.428. The number of nitrogens with one attached hydrogen (secondary N) is 1. The summed E-state index contributed by atoms with van der Waals surface area (Å²) in [5.41, 5.74) is 5.75. The van der Waals surface area contributed by atoms with Gasteiger partial charge < -0.3 is 5.32 Å². The molecule has 144 valence electrons. The number of hydrogen-bond donors (Lipinski definition) is 1. The van der Waals surface area contributed by atoms with Gasteiger partial charge in [-0.05, 0) is 72.4 Å². The van der Waals surface area contributed by atoms with Crippen molar-refractivity contribution < 1.29 is 4.79 Å². The summed E-state index contributed by atoms with van der Waals surface area (Å²) >= 11 is 6.29. The predicted octanol–water partition coefficient (Wildman–Crippen LogP) is 6.09. The molecule has 3 nitrogen and oxygen atoms in total. The van der Waals surface area contributed by atoms with Crippen molar-refractivity contribution in [3.8, 4) is 6.07 Å². The molecule has 0 atom stereocenters. The van der Waals surface area contributed by atoms with E-state index in [2.05, 4.69) is 5.32 Å². The van der Waals surface area contributed by atoms with E-state index >= 15 is 0 Å².